The molecule has 0 aromatic carbocycles. The van der Waals surface area contributed by atoms with Crippen molar-refractivity contribution in [2.75, 3.05) is 0 Å². The summed E-state index contributed by atoms with van der Waals surface area (Å²) in [5, 5.41) is 9.12. The zero-order valence-electron chi connectivity index (χ0n) is 7.68. The molecule has 4 nitrogen and oxygen atoms in total. The highest BCUT2D eigenvalue weighted by molar-refractivity contribution is 4.91. The Kier molecular flexibility index (Phi) is 2.00. The van der Waals surface area contributed by atoms with Gasteiger partial charge >= 0.3 is 5.69 Å². The maximum Gasteiger partial charge on any atom is 0.328 e. The van der Waals surface area contributed by atoms with Gasteiger partial charge in [0.2, 0.25) is 0 Å². The van der Waals surface area contributed by atoms with E-state index in [1.165, 1.54) is 0 Å². The minimum Gasteiger partial charge on any atom is -0.392 e. The molecule has 1 aliphatic rings. The van der Waals surface area contributed by atoms with Gasteiger partial charge in [0.05, 0.1) is 12.6 Å². The molecule has 0 amide bonds. The van der Waals surface area contributed by atoms with E-state index in [9.17, 15) is 4.79 Å². The maximum atomic E-state index is 11.6. The van der Waals surface area contributed by atoms with E-state index in [1.807, 2.05) is 6.20 Å². The van der Waals surface area contributed by atoms with Gasteiger partial charge in [-0.05, 0) is 19.8 Å². The molecular formula is C9H14N2O2. The van der Waals surface area contributed by atoms with E-state index in [2.05, 4.69) is 0 Å². The number of aliphatic hydroxyl groups excluding tert-OH is 1. The first kappa shape index (κ1) is 8.56. The van der Waals surface area contributed by atoms with Gasteiger partial charge in [-0.3, -0.25) is 9.13 Å². The number of aliphatic hydroxyl groups is 1. The number of imidazole rings is 1. The molecule has 1 saturated carbocycles. The van der Waals surface area contributed by atoms with Crippen molar-refractivity contribution in [3.8, 4) is 0 Å². The van der Waals surface area contributed by atoms with Crippen molar-refractivity contribution in [3.63, 3.8) is 0 Å². The van der Waals surface area contributed by atoms with E-state index >= 15 is 0 Å². The van der Waals surface area contributed by atoms with Crippen molar-refractivity contribution in [2.45, 2.75) is 38.5 Å². The topological polar surface area (TPSA) is 47.2 Å². The van der Waals surface area contributed by atoms with Crippen molar-refractivity contribution in [2.24, 2.45) is 0 Å². The van der Waals surface area contributed by atoms with Crippen molar-refractivity contribution < 1.29 is 5.11 Å². The van der Waals surface area contributed by atoms with Crippen LogP contribution in [0, 0.1) is 0 Å². The lowest BCUT2D eigenvalue weighted by Gasteiger charge is -2.03. The molecule has 1 heterocycles. The van der Waals surface area contributed by atoms with Crippen molar-refractivity contribution >= 4 is 0 Å². The zero-order chi connectivity index (χ0) is 9.42. The number of hydrogen-bond donors (Lipinski definition) is 1. The van der Waals surface area contributed by atoms with Crippen LogP contribution in [0.1, 0.15) is 25.8 Å². The number of nitrogens with zero attached hydrogens (tertiary/aromatic N) is 2. The number of hydrogen-bond acceptors (Lipinski definition) is 2. The fraction of sp³-hybridized carbons (Fsp3) is 0.667. The minimum atomic E-state index is -0.465. The highest BCUT2D eigenvalue weighted by Gasteiger charge is 2.25. The summed E-state index contributed by atoms with van der Waals surface area (Å²) in [5.74, 6) is 0. The van der Waals surface area contributed by atoms with Crippen LogP contribution in [0.4, 0.5) is 0 Å². The van der Waals surface area contributed by atoms with E-state index in [4.69, 9.17) is 5.11 Å². The fourth-order valence-corrected chi connectivity index (χ4v) is 1.48. The summed E-state index contributed by atoms with van der Waals surface area (Å²) in [5.41, 5.74) is 0.00315. The molecule has 72 valence electrons. The molecule has 13 heavy (non-hydrogen) atoms. The van der Waals surface area contributed by atoms with E-state index < -0.39 is 6.10 Å². The summed E-state index contributed by atoms with van der Waals surface area (Å²) in [6.45, 7) is 2.07. The van der Waals surface area contributed by atoms with Crippen LogP contribution in [0.15, 0.2) is 17.2 Å². The molecule has 1 aromatic heterocycles. The monoisotopic (exact) mass is 182 g/mol. The van der Waals surface area contributed by atoms with Crippen LogP contribution in [0.2, 0.25) is 0 Å². The largest absolute Gasteiger partial charge is 0.392 e. The Bertz CT molecular complexity index is 347. The second-order valence-corrected chi connectivity index (χ2v) is 3.72. The van der Waals surface area contributed by atoms with Gasteiger partial charge in [-0.1, -0.05) is 0 Å². The second kappa shape index (κ2) is 3.03. The third-order valence-electron chi connectivity index (χ3n) is 2.27. The molecule has 4 heteroatoms. The third kappa shape index (κ3) is 1.67. The van der Waals surface area contributed by atoms with Gasteiger partial charge in [-0.2, -0.15) is 0 Å². The standard InChI is InChI=1S/C9H14N2O2/c1-7(12)6-10-4-5-11(9(10)13)8-2-3-8/h4-5,7-8,12H,2-3,6H2,1H3/t7-/m0/s1. The molecule has 1 atom stereocenters. The lowest BCUT2D eigenvalue weighted by Crippen LogP contribution is -2.26. The Morgan fingerprint density at radius 3 is 2.85 bits per heavy atom. The Morgan fingerprint density at radius 1 is 1.62 bits per heavy atom. The first-order valence-corrected chi connectivity index (χ1v) is 4.64. The van der Waals surface area contributed by atoms with E-state index in [1.54, 1.807) is 22.3 Å². The van der Waals surface area contributed by atoms with Gasteiger partial charge in [0.15, 0.2) is 0 Å². The Balaban J connectivity index is 2.22. The molecular weight excluding hydrogens is 168 g/mol. The van der Waals surface area contributed by atoms with Crippen molar-refractivity contribution in [3.05, 3.63) is 22.9 Å². The lowest BCUT2D eigenvalue weighted by atomic mass is 10.4. The Hall–Kier alpha value is -1.03. The molecule has 1 aromatic rings. The van der Waals surface area contributed by atoms with Crippen LogP contribution in [0.5, 0.6) is 0 Å². The summed E-state index contributed by atoms with van der Waals surface area (Å²) in [6, 6.07) is 0.419. The van der Waals surface area contributed by atoms with Crippen LogP contribution in [-0.2, 0) is 6.54 Å². The molecule has 0 aliphatic heterocycles. The highest BCUT2D eigenvalue weighted by Crippen LogP contribution is 2.33. The number of aromatic nitrogens is 2. The summed E-state index contributed by atoms with van der Waals surface area (Å²) in [6.07, 6.45) is 5.31. The third-order valence-corrected chi connectivity index (χ3v) is 2.27. The predicted octanol–water partition coefficient (Wildman–Crippen LogP) is 0.365. The van der Waals surface area contributed by atoms with Crippen LogP contribution < -0.4 is 5.69 Å². The number of rotatable bonds is 3. The van der Waals surface area contributed by atoms with E-state index in [-0.39, 0.29) is 5.69 Å². The van der Waals surface area contributed by atoms with Gasteiger partial charge < -0.3 is 5.11 Å². The fourth-order valence-electron chi connectivity index (χ4n) is 1.48. The van der Waals surface area contributed by atoms with Gasteiger partial charge in [0.1, 0.15) is 0 Å². The average Bonchev–Trinajstić information content (AvgIpc) is 2.81. The average molecular weight is 182 g/mol. The van der Waals surface area contributed by atoms with Crippen LogP contribution in [0.25, 0.3) is 0 Å². The first-order chi connectivity index (χ1) is 6.18. The normalized spacial score (nSPS) is 18.9. The van der Waals surface area contributed by atoms with Crippen molar-refractivity contribution in [1.29, 1.82) is 0 Å². The zero-order valence-corrected chi connectivity index (χ0v) is 7.68. The summed E-state index contributed by atoms with van der Waals surface area (Å²) < 4.78 is 3.31. The smallest absolute Gasteiger partial charge is 0.328 e. The first-order valence-electron chi connectivity index (χ1n) is 4.64. The predicted molar refractivity (Wildman–Crippen MR) is 48.6 cm³/mol. The summed E-state index contributed by atoms with van der Waals surface area (Å²) >= 11 is 0. The van der Waals surface area contributed by atoms with Crippen molar-refractivity contribution in [1.82, 2.24) is 9.13 Å². The summed E-state index contributed by atoms with van der Waals surface area (Å²) in [7, 11) is 0. The van der Waals surface area contributed by atoms with Gasteiger partial charge in [-0.25, -0.2) is 4.79 Å². The lowest BCUT2D eigenvalue weighted by molar-refractivity contribution is 0.172. The van der Waals surface area contributed by atoms with Crippen LogP contribution in [-0.4, -0.2) is 20.3 Å². The van der Waals surface area contributed by atoms with Crippen LogP contribution in [0.3, 0.4) is 0 Å². The van der Waals surface area contributed by atoms with Gasteiger partial charge in [0.25, 0.3) is 0 Å². The Labute approximate surface area is 76.4 Å². The van der Waals surface area contributed by atoms with Gasteiger partial charge in [-0.15, -0.1) is 0 Å². The molecule has 1 N–H and O–H groups in total. The molecule has 0 unspecified atom stereocenters. The molecule has 2 rings (SSSR count). The molecule has 0 spiro atoms. The second-order valence-electron chi connectivity index (χ2n) is 3.72. The molecule has 0 saturated heterocycles. The molecule has 0 radical (unpaired) electrons. The van der Waals surface area contributed by atoms with E-state index in [0.29, 0.717) is 12.6 Å². The molecule has 0 bridgehead atoms. The van der Waals surface area contributed by atoms with Gasteiger partial charge in [0, 0.05) is 18.4 Å². The van der Waals surface area contributed by atoms with E-state index in [0.717, 1.165) is 12.8 Å². The minimum absolute atomic E-state index is 0.00315. The maximum absolute atomic E-state index is 11.6. The molecule has 1 fully saturated rings. The SMILES string of the molecule is C[C@H](O)Cn1ccn(C2CC2)c1=O. The Morgan fingerprint density at radius 2 is 2.31 bits per heavy atom. The molecule has 1 aliphatic carbocycles. The quantitative estimate of drug-likeness (QED) is 0.734. The van der Waals surface area contributed by atoms with Crippen LogP contribution >= 0.6 is 0 Å². The highest BCUT2D eigenvalue weighted by atomic mass is 16.3. The summed E-state index contributed by atoms with van der Waals surface area (Å²) in [4.78, 5) is 11.6.